The second-order valence-electron chi connectivity index (χ2n) is 2.80. The number of phenols is 1. The van der Waals surface area contributed by atoms with Crippen molar-refractivity contribution in [2.24, 2.45) is 0 Å². The molecule has 0 fully saturated rings. The van der Waals surface area contributed by atoms with Crippen LogP contribution < -0.4 is 0 Å². The summed E-state index contributed by atoms with van der Waals surface area (Å²) in [5.74, 6) is 0.322. The zero-order valence-corrected chi connectivity index (χ0v) is 11.0. The van der Waals surface area contributed by atoms with Crippen LogP contribution in [0.1, 0.15) is 13.3 Å². The minimum Gasteiger partial charge on any atom is -0.508 e. The first kappa shape index (κ1) is 16.9. The van der Waals surface area contributed by atoms with Gasteiger partial charge in [0.25, 0.3) is 0 Å². The Morgan fingerprint density at radius 2 is 1.80 bits per heavy atom. The van der Waals surface area contributed by atoms with E-state index in [2.05, 4.69) is 25.2 Å². The van der Waals surface area contributed by atoms with Gasteiger partial charge in [0.15, 0.2) is 0 Å². The molecule has 0 spiro atoms. The number of aromatic hydroxyl groups is 1. The summed E-state index contributed by atoms with van der Waals surface area (Å²) in [5.41, 5.74) is 1.27. The van der Waals surface area contributed by atoms with E-state index in [1.807, 2.05) is 6.07 Å². The Balaban J connectivity index is 0. The molecule has 0 saturated heterocycles. The molecule has 1 aromatic rings. The zero-order valence-electron chi connectivity index (χ0n) is 8.60. The largest absolute Gasteiger partial charge is 0.508 e. The van der Waals surface area contributed by atoms with Crippen LogP contribution in [0.3, 0.4) is 0 Å². The third-order valence-electron chi connectivity index (χ3n) is 1.62. The second-order valence-corrected chi connectivity index (χ2v) is 2.80. The predicted molar refractivity (Wildman–Crippen MR) is 61.5 cm³/mol. The third-order valence-corrected chi connectivity index (χ3v) is 1.62. The van der Waals surface area contributed by atoms with Gasteiger partial charge in [-0.15, -0.1) is 18.8 Å². The van der Waals surface area contributed by atoms with Gasteiger partial charge in [-0.05, 0) is 12.1 Å². The summed E-state index contributed by atoms with van der Waals surface area (Å²) in [7, 11) is 0. The standard InChI is InChI=1S/C6H6O.C6H7.ClH.Ti/c7-6-4-2-1-3-5-6;1-6-4-2-3-5-6;;/h1-5,7H;2,4H,3H2,1H3;1H;/q;-1;;. The zero-order chi connectivity index (χ0) is 9.52. The van der Waals surface area contributed by atoms with Crippen molar-refractivity contribution in [3.8, 4) is 5.75 Å². The number of hydrogen-bond donors (Lipinski definition) is 1. The summed E-state index contributed by atoms with van der Waals surface area (Å²) in [5, 5.41) is 8.63. The van der Waals surface area contributed by atoms with E-state index in [9.17, 15) is 0 Å². The molecule has 0 heterocycles. The number of para-hydroxylation sites is 1. The van der Waals surface area contributed by atoms with Crippen LogP contribution in [-0.4, -0.2) is 5.11 Å². The van der Waals surface area contributed by atoms with Gasteiger partial charge in [-0.1, -0.05) is 25.1 Å². The smallest absolute Gasteiger partial charge is 0.115 e. The molecule has 0 amide bonds. The molecule has 0 aliphatic heterocycles. The van der Waals surface area contributed by atoms with E-state index in [1.54, 1.807) is 24.3 Å². The van der Waals surface area contributed by atoms with Crippen LogP contribution >= 0.6 is 12.4 Å². The van der Waals surface area contributed by atoms with Gasteiger partial charge < -0.3 is 5.11 Å². The maximum absolute atomic E-state index is 8.63. The van der Waals surface area contributed by atoms with Crippen LogP contribution in [0.15, 0.2) is 48.1 Å². The summed E-state index contributed by atoms with van der Waals surface area (Å²) in [6.07, 6.45) is 8.33. The molecule has 80 valence electrons. The molecule has 15 heavy (non-hydrogen) atoms. The number of phenolic OH excluding ortho intramolecular Hbond substituents is 1. The first-order valence-corrected chi connectivity index (χ1v) is 4.27. The molecule has 1 aromatic carbocycles. The topological polar surface area (TPSA) is 20.2 Å². The van der Waals surface area contributed by atoms with Gasteiger partial charge in [0.05, 0.1) is 0 Å². The van der Waals surface area contributed by atoms with Gasteiger partial charge in [-0.3, -0.25) is 6.08 Å². The molecule has 0 aromatic heterocycles. The van der Waals surface area contributed by atoms with Crippen LogP contribution in [-0.2, 0) is 21.7 Å². The molecule has 0 atom stereocenters. The fourth-order valence-corrected chi connectivity index (χ4v) is 0.943. The fraction of sp³-hybridized carbons (Fsp3) is 0.167. The minimum atomic E-state index is 0. The molecule has 0 bridgehead atoms. The molecule has 1 aliphatic rings. The van der Waals surface area contributed by atoms with E-state index in [0.717, 1.165) is 6.42 Å². The van der Waals surface area contributed by atoms with Crippen molar-refractivity contribution in [1.29, 1.82) is 0 Å². The molecule has 2 rings (SSSR count). The van der Waals surface area contributed by atoms with Crippen LogP contribution in [0.25, 0.3) is 0 Å². The molecule has 0 unspecified atom stereocenters. The van der Waals surface area contributed by atoms with Gasteiger partial charge in [0.2, 0.25) is 0 Å². The third kappa shape index (κ3) is 8.50. The monoisotopic (exact) mass is 257 g/mol. The predicted octanol–water partition coefficient (Wildman–Crippen LogP) is 3.51. The van der Waals surface area contributed by atoms with E-state index in [-0.39, 0.29) is 34.1 Å². The summed E-state index contributed by atoms with van der Waals surface area (Å²) in [6.45, 7) is 2.06. The Morgan fingerprint density at radius 1 is 1.20 bits per heavy atom. The van der Waals surface area contributed by atoms with Crippen molar-refractivity contribution in [3.63, 3.8) is 0 Å². The minimum absolute atomic E-state index is 0. The van der Waals surface area contributed by atoms with Crippen LogP contribution in [0, 0.1) is 6.08 Å². The number of rotatable bonds is 0. The number of allylic oxidation sites excluding steroid dienone is 4. The fourth-order valence-electron chi connectivity index (χ4n) is 0.943. The van der Waals surface area contributed by atoms with Crippen molar-refractivity contribution >= 4 is 12.4 Å². The Labute approximate surface area is 112 Å². The van der Waals surface area contributed by atoms with E-state index in [4.69, 9.17) is 5.11 Å². The van der Waals surface area contributed by atoms with Crippen molar-refractivity contribution in [1.82, 2.24) is 0 Å². The van der Waals surface area contributed by atoms with Gasteiger partial charge in [-0.25, -0.2) is 11.6 Å². The van der Waals surface area contributed by atoms with E-state index in [1.165, 1.54) is 5.57 Å². The van der Waals surface area contributed by atoms with E-state index >= 15 is 0 Å². The quantitative estimate of drug-likeness (QED) is 0.557. The Bertz CT molecular complexity index is 304. The van der Waals surface area contributed by atoms with Crippen molar-refractivity contribution in [2.45, 2.75) is 13.3 Å². The normalized spacial score (nSPS) is 11.4. The molecule has 1 aliphatic carbocycles. The van der Waals surface area contributed by atoms with Crippen molar-refractivity contribution < 1.29 is 26.8 Å². The summed E-state index contributed by atoms with van der Waals surface area (Å²) >= 11 is 0. The molecule has 3 heteroatoms. The van der Waals surface area contributed by atoms with Crippen LogP contribution in [0.2, 0.25) is 0 Å². The van der Waals surface area contributed by atoms with Gasteiger partial charge in [0, 0.05) is 21.7 Å². The van der Waals surface area contributed by atoms with Gasteiger partial charge >= 0.3 is 0 Å². The summed E-state index contributed by atoms with van der Waals surface area (Å²) in [6, 6.07) is 8.71. The van der Waals surface area contributed by atoms with Crippen molar-refractivity contribution in [3.05, 3.63) is 54.1 Å². The second kappa shape index (κ2) is 10.0. The summed E-state index contributed by atoms with van der Waals surface area (Å²) < 4.78 is 0. The number of benzene rings is 1. The molecule has 1 nitrogen and oxygen atoms in total. The van der Waals surface area contributed by atoms with Crippen molar-refractivity contribution in [2.75, 3.05) is 0 Å². The van der Waals surface area contributed by atoms with E-state index in [0.29, 0.717) is 5.75 Å². The van der Waals surface area contributed by atoms with Gasteiger partial charge in [0.1, 0.15) is 5.75 Å². The maximum Gasteiger partial charge on any atom is 0.115 e. The Kier molecular flexibility index (Phi) is 11.3. The SMILES string of the molecule is CC1=[C-]CC=C1.Cl.Oc1ccccc1.[Ti]. The molecule has 0 radical (unpaired) electrons. The van der Waals surface area contributed by atoms with E-state index < -0.39 is 0 Å². The average molecular weight is 258 g/mol. The summed E-state index contributed by atoms with van der Waals surface area (Å²) in [4.78, 5) is 0. The molecular weight excluding hydrogens is 243 g/mol. The average Bonchev–Trinajstić information content (AvgIpc) is 2.58. The molecule has 0 saturated carbocycles. The maximum atomic E-state index is 8.63. The Hall–Kier alpha value is -0.496. The molecular formula is C12H14ClOTi-. The van der Waals surface area contributed by atoms with Crippen LogP contribution in [0.5, 0.6) is 5.75 Å². The first-order chi connectivity index (χ1) is 6.29. The number of hydrogen-bond acceptors (Lipinski definition) is 1. The Morgan fingerprint density at radius 3 is 2.00 bits per heavy atom. The number of halogens is 1. The molecule has 1 N–H and O–H groups in total. The van der Waals surface area contributed by atoms with Gasteiger partial charge in [-0.2, -0.15) is 6.08 Å². The van der Waals surface area contributed by atoms with Crippen LogP contribution in [0.4, 0.5) is 0 Å². The first-order valence-electron chi connectivity index (χ1n) is 4.27.